The molecule has 0 amide bonds. The third kappa shape index (κ3) is 4.99. The van der Waals surface area contributed by atoms with E-state index in [1.54, 1.807) is 13.3 Å². The van der Waals surface area contributed by atoms with E-state index in [-0.39, 0.29) is 0 Å². The third-order valence-electron chi connectivity index (χ3n) is 2.88. The number of aromatic nitrogens is 1. The molecule has 2 rings (SSSR count). The van der Waals surface area contributed by atoms with Crippen molar-refractivity contribution in [2.24, 2.45) is 0 Å². The first-order chi connectivity index (χ1) is 9.88. The number of ether oxygens (including phenoxy) is 2. The lowest BCUT2D eigenvalue weighted by molar-refractivity contribution is 0.122. The van der Waals surface area contributed by atoms with Gasteiger partial charge in [-0.2, -0.15) is 0 Å². The van der Waals surface area contributed by atoms with Gasteiger partial charge in [0.2, 0.25) is 0 Å². The Bertz CT molecular complexity index is 486. The van der Waals surface area contributed by atoms with Crippen molar-refractivity contribution in [3.8, 4) is 5.75 Å². The minimum atomic E-state index is 0.620. The molecule has 1 heterocycles. The summed E-state index contributed by atoms with van der Waals surface area (Å²) >= 11 is 0. The Hall–Kier alpha value is -1.91. The summed E-state index contributed by atoms with van der Waals surface area (Å²) in [6.07, 6.45) is 1.80. The highest BCUT2D eigenvalue weighted by Crippen LogP contribution is 2.11. The maximum absolute atomic E-state index is 5.61. The molecule has 4 heteroatoms. The molecule has 106 valence electrons. The van der Waals surface area contributed by atoms with Crippen LogP contribution in [0.1, 0.15) is 11.3 Å². The average molecular weight is 272 g/mol. The Morgan fingerprint density at radius 1 is 1.10 bits per heavy atom. The van der Waals surface area contributed by atoms with Crippen LogP contribution < -0.4 is 10.1 Å². The molecule has 4 nitrogen and oxygen atoms in total. The van der Waals surface area contributed by atoms with Crippen LogP contribution >= 0.6 is 0 Å². The molecule has 0 spiro atoms. The average Bonchev–Trinajstić information content (AvgIpc) is 2.52. The van der Waals surface area contributed by atoms with Crippen molar-refractivity contribution in [2.45, 2.75) is 13.2 Å². The third-order valence-corrected chi connectivity index (χ3v) is 2.88. The van der Waals surface area contributed by atoms with Crippen molar-refractivity contribution in [2.75, 3.05) is 20.3 Å². The van der Waals surface area contributed by atoms with E-state index in [0.717, 1.165) is 30.1 Å². The first-order valence-electron chi connectivity index (χ1n) is 6.70. The van der Waals surface area contributed by atoms with Crippen LogP contribution in [0, 0.1) is 0 Å². The highest BCUT2D eigenvalue weighted by atomic mass is 16.5. The highest BCUT2D eigenvalue weighted by molar-refractivity contribution is 5.26. The van der Waals surface area contributed by atoms with Gasteiger partial charge in [-0.3, -0.25) is 4.98 Å². The summed E-state index contributed by atoms with van der Waals surface area (Å²) in [5, 5.41) is 3.30. The number of benzene rings is 1. The molecule has 20 heavy (non-hydrogen) atoms. The predicted molar refractivity (Wildman–Crippen MR) is 78.6 cm³/mol. The zero-order chi connectivity index (χ0) is 14.0. The van der Waals surface area contributed by atoms with E-state index in [0.29, 0.717) is 13.2 Å². The first kappa shape index (κ1) is 14.5. The molecule has 1 N–H and O–H groups in total. The number of nitrogens with one attached hydrogen (secondary N) is 1. The SMILES string of the molecule is COc1ccc(COCCNCc2ccccn2)cc1. The minimum Gasteiger partial charge on any atom is -0.497 e. The second kappa shape index (κ2) is 8.30. The molecular formula is C16H20N2O2. The molecule has 0 aliphatic rings. The number of hydrogen-bond acceptors (Lipinski definition) is 4. The van der Waals surface area contributed by atoms with Crippen LogP contribution in [0.4, 0.5) is 0 Å². The summed E-state index contributed by atoms with van der Waals surface area (Å²) in [4.78, 5) is 4.25. The summed E-state index contributed by atoms with van der Waals surface area (Å²) in [6, 6.07) is 13.8. The van der Waals surface area contributed by atoms with Crippen LogP contribution in [0.2, 0.25) is 0 Å². The number of pyridine rings is 1. The van der Waals surface area contributed by atoms with Crippen LogP contribution in [0.15, 0.2) is 48.7 Å². The van der Waals surface area contributed by atoms with Crippen molar-refractivity contribution in [3.63, 3.8) is 0 Å². The molecule has 0 fully saturated rings. The monoisotopic (exact) mass is 272 g/mol. The minimum absolute atomic E-state index is 0.620. The summed E-state index contributed by atoms with van der Waals surface area (Å²) < 4.78 is 10.7. The lowest BCUT2D eigenvalue weighted by atomic mass is 10.2. The highest BCUT2D eigenvalue weighted by Gasteiger charge is 1.96. The van der Waals surface area contributed by atoms with Crippen LogP contribution in [0.25, 0.3) is 0 Å². The summed E-state index contributed by atoms with van der Waals surface area (Å²) in [6.45, 7) is 2.88. The Morgan fingerprint density at radius 3 is 2.65 bits per heavy atom. The zero-order valence-corrected chi connectivity index (χ0v) is 11.7. The van der Waals surface area contributed by atoms with E-state index in [4.69, 9.17) is 9.47 Å². The second-order valence-electron chi connectivity index (χ2n) is 4.40. The molecule has 0 radical (unpaired) electrons. The Morgan fingerprint density at radius 2 is 1.95 bits per heavy atom. The van der Waals surface area contributed by atoms with Crippen molar-refractivity contribution in [1.29, 1.82) is 0 Å². The standard InChI is InChI=1S/C16H20N2O2/c1-19-16-7-5-14(6-8-16)13-20-11-10-17-12-15-4-2-3-9-18-15/h2-9,17H,10-13H2,1H3. The van der Waals surface area contributed by atoms with Gasteiger partial charge in [0, 0.05) is 19.3 Å². The second-order valence-corrected chi connectivity index (χ2v) is 4.40. The molecule has 0 saturated heterocycles. The number of rotatable bonds is 8. The van der Waals surface area contributed by atoms with Gasteiger partial charge in [-0.15, -0.1) is 0 Å². The first-order valence-corrected chi connectivity index (χ1v) is 6.70. The molecule has 0 bridgehead atoms. The molecule has 1 aromatic carbocycles. The lowest BCUT2D eigenvalue weighted by Gasteiger charge is -2.07. The van der Waals surface area contributed by atoms with E-state index in [9.17, 15) is 0 Å². The number of hydrogen-bond donors (Lipinski definition) is 1. The summed E-state index contributed by atoms with van der Waals surface area (Å²) in [5.74, 6) is 0.866. The van der Waals surface area contributed by atoms with Gasteiger partial charge in [0.1, 0.15) is 5.75 Å². The Balaban J connectivity index is 1.57. The maximum Gasteiger partial charge on any atom is 0.118 e. The number of nitrogens with zero attached hydrogens (tertiary/aromatic N) is 1. The Labute approximate surface area is 119 Å². The van der Waals surface area contributed by atoms with Gasteiger partial charge in [0.25, 0.3) is 0 Å². The molecule has 0 saturated carbocycles. The fourth-order valence-corrected chi connectivity index (χ4v) is 1.78. The van der Waals surface area contributed by atoms with Gasteiger partial charge in [-0.1, -0.05) is 18.2 Å². The van der Waals surface area contributed by atoms with Crippen molar-refractivity contribution < 1.29 is 9.47 Å². The molecule has 1 aromatic heterocycles. The zero-order valence-electron chi connectivity index (χ0n) is 11.7. The van der Waals surface area contributed by atoms with Crippen LogP contribution in [-0.4, -0.2) is 25.2 Å². The van der Waals surface area contributed by atoms with E-state index >= 15 is 0 Å². The van der Waals surface area contributed by atoms with Gasteiger partial charge in [-0.25, -0.2) is 0 Å². The van der Waals surface area contributed by atoms with Gasteiger partial charge in [0.15, 0.2) is 0 Å². The van der Waals surface area contributed by atoms with Gasteiger partial charge in [-0.05, 0) is 29.8 Å². The molecule has 0 aliphatic heterocycles. The smallest absolute Gasteiger partial charge is 0.118 e. The van der Waals surface area contributed by atoms with E-state index in [2.05, 4.69) is 10.3 Å². The predicted octanol–water partition coefficient (Wildman–Crippen LogP) is 2.40. The van der Waals surface area contributed by atoms with Gasteiger partial charge >= 0.3 is 0 Å². The Kier molecular flexibility index (Phi) is 6.02. The van der Waals surface area contributed by atoms with Crippen molar-refractivity contribution >= 4 is 0 Å². The van der Waals surface area contributed by atoms with Crippen LogP contribution in [-0.2, 0) is 17.9 Å². The molecule has 0 aliphatic carbocycles. The fraction of sp³-hybridized carbons (Fsp3) is 0.312. The van der Waals surface area contributed by atoms with Crippen molar-refractivity contribution in [3.05, 3.63) is 59.9 Å². The topological polar surface area (TPSA) is 43.4 Å². The van der Waals surface area contributed by atoms with Crippen LogP contribution in [0.3, 0.4) is 0 Å². The maximum atomic E-state index is 5.61. The summed E-state index contributed by atoms with van der Waals surface area (Å²) in [7, 11) is 1.67. The number of methoxy groups -OCH3 is 1. The quantitative estimate of drug-likeness (QED) is 0.749. The van der Waals surface area contributed by atoms with Crippen LogP contribution in [0.5, 0.6) is 5.75 Å². The lowest BCUT2D eigenvalue weighted by Crippen LogP contribution is -2.19. The van der Waals surface area contributed by atoms with E-state index < -0.39 is 0 Å². The van der Waals surface area contributed by atoms with E-state index in [1.165, 1.54) is 0 Å². The van der Waals surface area contributed by atoms with Crippen molar-refractivity contribution in [1.82, 2.24) is 10.3 Å². The van der Waals surface area contributed by atoms with Gasteiger partial charge in [0.05, 0.1) is 26.0 Å². The fourth-order valence-electron chi connectivity index (χ4n) is 1.78. The molecule has 2 aromatic rings. The largest absolute Gasteiger partial charge is 0.497 e. The molecular weight excluding hydrogens is 252 g/mol. The molecule has 0 unspecified atom stereocenters. The molecule has 0 atom stereocenters. The normalized spacial score (nSPS) is 10.4. The van der Waals surface area contributed by atoms with E-state index in [1.807, 2.05) is 42.5 Å². The van der Waals surface area contributed by atoms with Gasteiger partial charge < -0.3 is 14.8 Å². The summed E-state index contributed by atoms with van der Waals surface area (Å²) in [5.41, 5.74) is 2.19.